The molecule has 2 aromatic heterocycles. The first kappa shape index (κ1) is 14.4. The first-order chi connectivity index (χ1) is 11.1. The molecule has 3 aromatic rings. The zero-order valence-electron chi connectivity index (χ0n) is 13.9. The third kappa shape index (κ3) is 2.34. The van der Waals surface area contributed by atoms with E-state index in [4.69, 9.17) is 4.98 Å². The molecule has 0 atom stereocenters. The van der Waals surface area contributed by atoms with Gasteiger partial charge in [-0.1, -0.05) is 50.0 Å². The van der Waals surface area contributed by atoms with Crippen molar-refractivity contribution >= 4 is 13.4 Å². The van der Waals surface area contributed by atoms with Crippen LogP contribution in [0.2, 0.25) is 19.6 Å². The lowest BCUT2D eigenvalue weighted by Crippen LogP contribution is -2.43. The molecule has 0 unspecified atom stereocenters. The second-order valence-electron chi connectivity index (χ2n) is 7.20. The van der Waals surface area contributed by atoms with Gasteiger partial charge in [0.05, 0.1) is 0 Å². The Kier molecular flexibility index (Phi) is 3.23. The second-order valence-corrected chi connectivity index (χ2v) is 12.2. The zero-order chi connectivity index (χ0) is 16.0. The van der Waals surface area contributed by atoms with Crippen LogP contribution in [0.3, 0.4) is 0 Å². The molecular formula is C19H21N3Si. The number of fused-ring (bicyclic) bond motifs is 3. The number of imidazole rings is 1. The van der Waals surface area contributed by atoms with E-state index in [1.807, 2.05) is 12.4 Å². The highest BCUT2D eigenvalue weighted by atomic mass is 28.3. The van der Waals surface area contributed by atoms with Crippen molar-refractivity contribution in [2.45, 2.75) is 32.6 Å². The van der Waals surface area contributed by atoms with E-state index in [9.17, 15) is 0 Å². The van der Waals surface area contributed by atoms with Crippen molar-refractivity contribution in [3.63, 3.8) is 0 Å². The summed E-state index contributed by atoms with van der Waals surface area (Å²) in [6, 6.07) is 10.5. The van der Waals surface area contributed by atoms with Crippen molar-refractivity contribution in [1.29, 1.82) is 0 Å². The summed E-state index contributed by atoms with van der Waals surface area (Å²) in [5.41, 5.74) is 5.06. The molecule has 4 heteroatoms. The molecule has 1 aromatic carbocycles. The van der Waals surface area contributed by atoms with Crippen molar-refractivity contribution in [1.82, 2.24) is 14.5 Å². The third-order valence-corrected chi connectivity index (χ3v) is 6.53. The lowest BCUT2D eigenvalue weighted by atomic mass is 9.94. The molecule has 0 N–H and O–H groups in total. The average Bonchev–Trinajstić information content (AvgIpc) is 3.00. The second kappa shape index (κ2) is 5.17. The van der Waals surface area contributed by atoms with Gasteiger partial charge in [0.2, 0.25) is 0 Å². The third-order valence-electron chi connectivity index (χ3n) is 4.59. The predicted molar refractivity (Wildman–Crippen MR) is 97.6 cm³/mol. The zero-order valence-corrected chi connectivity index (χ0v) is 14.9. The molecule has 0 radical (unpaired) electrons. The van der Waals surface area contributed by atoms with Gasteiger partial charge in [0.15, 0.2) is 0 Å². The summed E-state index contributed by atoms with van der Waals surface area (Å²) in [5.74, 6) is 1.09. The Morgan fingerprint density at radius 1 is 0.957 bits per heavy atom. The molecule has 1 aliphatic heterocycles. The summed E-state index contributed by atoms with van der Waals surface area (Å²) in [6.45, 7) is 8.16. The molecule has 116 valence electrons. The first-order valence-corrected chi connectivity index (χ1v) is 11.6. The number of pyridine rings is 1. The minimum absolute atomic E-state index is 1.02. The largest absolute Gasteiger partial charge is 0.332 e. The van der Waals surface area contributed by atoms with E-state index in [0.717, 1.165) is 18.8 Å². The maximum atomic E-state index is 4.76. The van der Waals surface area contributed by atoms with Crippen LogP contribution in [0.25, 0.3) is 22.5 Å². The fraction of sp³-hybridized carbons (Fsp3) is 0.263. The number of aromatic nitrogens is 3. The van der Waals surface area contributed by atoms with E-state index >= 15 is 0 Å². The Bertz CT molecular complexity index is 860. The monoisotopic (exact) mass is 319 g/mol. The molecular weight excluding hydrogens is 298 g/mol. The van der Waals surface area contributed by atoms with Crippen molar-refractivity contribution in [2.75, 3.05) is 0 Å². The minimum Gasteiger partial charge on any atom is -0.332 e. The molecule has 0 spiro atoms. The molecule has 0 saturated carbocycles. The fourth-order valence-corrected chi connectivity index (χ4v) is 4.93. The van der Waals surface area contributed by atoms with Crippen molar-refractivity contribution in [3.05, 3.63) is 54.5 Å². The normalized spacial score (nSPS) is 13.5. The van der Waals surface area contributed by atoms with Crippen molar-refractivity contribution < 1.29 is 0 Å². The van der Waals surface area contributed by atoms with Gasteiger partial charge < -0.3 is 4.57 Å². The van der Waals surface area contributed by atoms with Crippen LogP contribution in [0.1, 0.15) is 5.56 Å². The number of nitrogens with zero attached hydrogens (tertiary/aromatic N) is 3. The molecule has 3 heterocycles. The highest BCUT2D eigenvalue weighted by Crippen LogP contribution is 2.34. The van der Waals surface area contributed by atoms with Gasteiger partial charge in [-0.25, -0.2) is 4.98 Å². The van der Waals surface area contributed by atoms with Crippen LogP contribution in [-0.2, 0) is 13.0 Å². The number of rotatable bonds is 2. The lowest BCUT2D eigenvalue weighted by molar-refractivity contribution is 0.695. The van der Waals surface area contributed by atoms with E-state index in [2.05, 4.69) is 65.7 Å². The molecule has 0 aliphatic carbocycles. The van der Waals surface area contributed by atoms with Crippen LogP contribution in [0.15, 0.2) is 48.9 Å². The summed E-state index contributed by atoms with van der Waals surface area (Å²) in [6.07, 6.45) is 7.11. The van der Waals surface area contributed by atoms with Crippen molar-refractivity contribution in [3.8, 4) is 22.5 Å². The van der Waals surface area contributed by atoms with Crippen LogP contribution < -0.4 is 5.32 Å². The Labute approximate surface area is 138 Å². The van der Waals surface area contributed by atoms with Crippen LogP contribution in [-0.4, -0.2) is 22.6 Å². The molecule has 4 rings (SSSR count). The number of benzene rings is 1. The summed E-state index contributed by atoms with van der Waals surface area (Å²) in [7, 11) is -1.38. The molecule has 23 heavy (non-hydrogen) atoms. The average molecular weight is 319 g/mol. The Hall–Kier alpha value is -2.20. The van der Waals surface area contributed by atoms with Crippen molar-refractivity contribution in [2.24, 2.45) is 0 Å². The van der Waals surface area contributed by atoms with Crippen LogP contribution in [0, 0.1) is 0 Å². The maximum Gasteiger partial charge on any atom is 0.141 e. The van der Waals surface area contributed by atoms with E-state index in [-0.39, 0.29) is 0 Å². The van der Waals surface area contributed by atoms with Gasteiger partial charge in [0.25, 0.3) is 0 Å². The molecule has 1 aliphatic rings. The Morgan fingerprint density at radius 3 is 2.43 bits per heavy atom. The number of hydrogen-bond acceptors (Lipinski definition) is 2. The van der Waals surface area contributed by atoms with E-state index in [1.54, 1.807) is 0 Å². The smallest absolute Gasteiger partial charge is 0.141 e. The Morgan fingerprint density at radius 2 is 1.70 bits per heavy atom. The van der Waals surface area contributed by atoms with Gasteiger partial charge in [-0.2, -0.15) is 0 Å². The lowest BCUT2D eigenvalue weighted by Gasteiger charge is -2.25. The minimum atomic E-state index is -1.38. The summed E-state index contributed by atoms with van der Waals surface area (Å²) in [5, 5.41) is 1.43. The van der Waals surface area contributed by atoms with Gasteiger partial charge in [-0.05, 0) is 17.5 Å². The highest BCUT2D eigenvalue weighted by Gasteiger charge is 2.28. The molecule has 0 saturated heterocycles. The standard InChI is InChI=1S/C19H21N3Si/c1-23(2,3)18-13-21-19-17-12-20-11-16(14-7-5-4-6-8-14)15(17)9-10-22(18)19/h4-8,11-13H,9-10H2,1-3H3. The van der Waals surface area contributed by atoms with Gasteiger partial charge in [0.1, 0.15) is 13.9 Å². The fourth-order valence-electron chi connectivity index (χ4n) is 3.45. The molecule has 0 amide bonds. The molecule has 0 bridgehead atoms. The topological polar surface area (TPSA) is 30.7 Å². The van der Waals surface area contributed by atoms with Gasteiger partial charge >= 0.3 is 0 Å². The SMILES string of the molecule is C[Si](C)(C)c1cnc2n1CCc1c(-c3ccccc3)cncc1-2. The predicted octanol–water partition coefficient (Wildman–Crippen LogP) is 3.71. The van der Waals surface area contributed by atoms with Gasteiger partial charge in [-0.15, -0.1) is 0 Å². The van der Waals surface area contributed by atoms with Gasteiger partial charge in [-0.3, -0.25) is 4.98 Å². The van der Waals surface area contributed by atoms with E-state index in [0.29, 0.717) is 0 Å². The van der Waals surface area contributed by atoms with Crippen LogP contribution >= 0.6 is 0 Å². The summed E-state index contributed by atoms with van der Waals surface area (Å²) < 4.78 is 2.42. The maximum absolute atomic E-state index is 4.76. The first-order valence-electron chi connectivity index (χ1n) is 8.14. The van der Waals surface area contributed by atoms with Crippen LogP contribution in [0.5, 0.6) is 0 Å². The Balaban J connectivity index is 1.90. The van der Waals surface area contributed by atoms with E-state index < -0.39 is 8.07 Å². The molecule has 3 nitrogen and oxygen atoms in total. The molecule has 0 fully saturated rings. The number of hydrogen-bond donors (Lipinski definition) is 0. The summed E-state index contributed by atoms with van der Waals surface area (Å²) in [4.78, 5) is 9.26. The quantitative estimate of drug-likeness (QED) is 0.674. The summed E-state index contributed by atoms with van der Waals surface area (Å²) >= 11 is 0. The van der Waals surface area contributed by atoms with Crippen LogP contribution in [0.4, 0.5) is 0 Å². The van der Waals surface area contributed by atoms with Gasteiger partial charge in [0, 0.05) is 41.6 Å². The van der Waals surface area contributed by atoms with E-state index in [1.165, 1.54) is 27.6 Å². The highest BCUT2D eigenvalue weighted by molar-refractivity contribution is 6.88.